The van der Waals surface area contributed by atoms with Gasteiger partial charge < -0.3 is 15.7 Å². The van der Waals surface area contributed by atoms with E-state index in [1.54, 1.807) is 18.2 Å². The van der Waals surface area contributed by atoms with E-state index < -0.39 is 5.82 Å². The molecule has 0 heterocycles. The molecule has 0 aliphatic heterocycles. The van der Waals surface area contributed by atoms with Crippen LogP contribution in [0.3, 0.4) is 0 Å². The molecule has 0 atom stereocenters. The zero-order valence-electron chi connectivity index (χ0n) is 10.3. The second-order valence-corrected chi connectivity index (χ2v) is 6.04. The molecule has 21 heavy (non-hydrogen) atoms. The molecule has 0 amide bonds. The molecule has 0 bridgehead atoms. The van der Waals surface area contributed by atoms with Gasteiger partial charge >= 0.3 is 0 Å². The molecule has 0 aliphatic carbocycles. The SMILES string of the molecule is N/C(=N/O)c1ccc(Oc2cc(F)c(Cl)cc2Br)cc1Br. The Morgan fingerprint density at radius 1 is 1.24 bits per heavy atom. The number of benzene rings is 2. The van der Waals surface area contributed by atoms with Crippen LogP contribution in [0.25, 0.3) is 0 Å². The molecule has 0 saturated heterocycles. The smallest absolute Gasteiger partial charge is 0.171 e. The highest BCUT2D eigenvalue weighted by Gasteiger charge is 2.11. The number of rotatable bonds is 3. The van der Waals surface area contributed by atoms with Crippen LogP contribution >= 0.6 is 43.5 Å². The summed E-state index contributed by atoms with van der Waals surface area (Å²) in [4.78, 5) is 0. The fourth-order valence-electron chi connectivity index (χ4n) is 1.53. The van der Waals surface area contributed by atoms with Gasteiger partial charge in [-0.25, -0.2) is 4.39 Å². The van der Waals surface area contributed by atoms with Crippen molar-refractivity contribution in [3.63, 3.8) is 0 Å². The molecular formula is C13H8Br2ClFN2O2. The van der Waals surface area contributed by atoms with E-state index in [0.29, 0.717) is 20.3 Å². The first-order chi connectivity index (χ1) is 9.92. The average molecular weight is 438 g/mol. The molecule has 0 fully saturated rings. The Bertz CT molecular complexity index is 726. The standard InChI is InChI=1S/C13H8Br2ClFN2O2/c14-8-3-6(1-2-7(8)13(18)19-20)21-12-5-11(17)10(16)4-9(12)15/h1-5,20H,(H2,18,19). The van der Waals surface area contributed by atoms with Crippen molar-refractivity contribution in [2.75, 3.05) is 0 Å². The van der Waals surface area contributed by atoms with E-state index in [2.05, 4.69) is 37.0 Å². The lowest BCUT2D eigenvalue weighted by molar-refractivity contribution is 0.318. The molecule has 0 unspecified atom stereocenters. The zero-order chi connectivity index (χ0) is 15.6. The minimum atomic E-state index is -0.581. The van der Waals surface area contributed by atoms with Crippen molar-refractivity contribution in [3.05, 3.63) is 55.7 Å². The molecule has 4 nitrogen and oxygen atoms in total. The first-order valence-electron chi connectivity index (χ1n) is 5.52. The van der Waals surface area contributed by atoms with Crippen molar-refractivity contribution in [2.45, 2.75) is 0 Å². The van der Waals surface area contributed by atoms with Gasteiger partial charge in [0.05, 0.1) is 9.50 Å². The third-order valence-electron chi connectivity index (χ3n) is 2.53. The number of nitrogens with zero attached hydrogens (tertiary/aromatic N) is 1. The van der Waals surface area contributed by atoms with Gasteiger partial charge in [-0.1, -0.05) is 16.8 Å². The molecule has 0 saturated carbocycles. The quantitative estimate of drug-likeness (QED) is 0.236. The van der Waals surface area contributed by atoms with E-state index in [9.17, 15) is 4.39 Å². The molecule has 0 aliphatic rings. The van der Waals surface area contributed by atoms with Crippen molar-refractivity contribution in [1.82, 2.24) is 0 Å². The topological polar surface area (TPSA) is 67.8 Å². The van der Waals surface area contributed by atoms with Crippen molar-refractivity contribution >= 4 is 49.3 Å². The first-order valence-corrected chi connectivity index (χ1v) is 7.48. The minimum Gasteiger partial charge on any atom is -0.456 e. The minimum absolute atomic E-state index is 0.00214. The van der Waals surface area contributed by atoms with Crippen molar-refractivity contribution in [3.8, 4) is 11.5 Å². The van der Waals surface area contributed by atoms with Gasteiger partial charge in [0.15, 0.2) is 5.84 Å². The summed E-state index contributed by atoms with van der Waals surface area (Å²) >= 11 is 12.2. The summed E-state index contributed by atoms with van der Waals surface area (Å²) in [6.07, 6.45) is 0. The largest absolute Gasteiger partial charge is 0.456 e. The van der Waals surface area contributed by atoms with Gasteiger partial charge in [0, 0.05) is 16.1 Å². The lowest BCUT2D eigenvalue weighted by Crippen LogP contribution is -2.13. The highest BCUT2D eigenvalue weighted by molar-refractivity contribution is 9.10. The number of ether oxygens (including phenoxy) is 1. The van der Waals surface area contributed by atoms with Gasteiger partial charge in [-0.15, -0.1) is 0 Å². The summed E-state index contributed by atoms with van der Waals surface area (Å²) < 4.78 is 20.1. The van der Waals surface area contributed by atoms with Crippen LogP contribution < -0.4 is 10.5 Å². The number of amidine groups is 1. The summed E-state index contributed by atoms with van der Waals surface area (Å²) in [6.45, 7) is 0. The maximum Gasteiger partial charge on any atom is 0.171 e. The average Bonchev–Trinajstić information content (AvgIpc) is 2.44. The fourth-order valence-corrected chi connectivity index (χ4v) is 2.81. The lowest BCUT2D eigenvalue weighted by Gasteiger charge is -2.10. The van der Waals surface area contributed by atoms with E-state index in [1.807, 2.05) is 0 Å². The van der Waals surface area contributed by atoms with Crippen molar-refractivity contribution in [1.29, 1.82) is 0 Å². The third kappa shape index (κ3) is 3.66. The van der Waals surface area contributed by atoms with Gasteiger partial charge in [-0.05, 0) is 56.1 Å². The summed E-state index contributed by atoms with van der Waals surface area (Å²) in [6, 6.07) is 7.42. The molecule has 2 aromatic rings. The lowest BCUT2D eigenvalue weighted by atomic mass is 10.2. The molecule has 2 aromatic carbocycles. The zero-order valence-corrected chi connectivity index (χ0v) is 14.2. The molecule has 0 aromatic heterocycles. The van der Waals surface area contributed by atoms with E-state index in [1.165, 1.54) is 12.1 Å². The Morgan fingerprint density at radius 3 is 2.57 bits per heavy atom. The number of nitrogens with two attached hydrogens (primary N) is 1. The van der Waals surface area contributed by atoms with Crippen LogP contribution in [0.1, 0.15) is 5.56 Å². The molecule has 110 valence electrons. The van der Waals surface area contributed by atoms with Crippen LogP contribution in [0.4, 0.5) is 4.39 Å². The fraction of sp³-hybridized carbons (Fsp3) is 0. The van der Waals surface area contributed by atoms with Crippen LogP contribution in [0.15, 0.2) is 44.4 Å². The van der Waals surface area contributed by atoms with Gasteiger partial charge in [0.1, 0.15) is 17.3 Å². The maximum absolute atomic E-state index is 13.5. The van der Waals surface area contributed by atoms with E-state index in [4.69, 9.17) is 27.3 Å². The predicted octanol–water partition coefficient (Wildman–Crippen LogP) is 4.89. The van der Waals surface area contributed by atoms with Crippen molar-refractivity contribution in [2.24, 2.45) is 10.9 Å². The van der Waals surface area contributed by atoms with Gasteiger partial charge in [0.25, 0.3) is 0 Å². The second-order valence-electron chi connectivity index (χ2n) is 3.93. The van der Waals surface area contributed by atoms with Crippen LogP contribution in [-0.2, 0) is 0 Å². The Hall–Kier alpha value is -1.31. The number of halogens is 4. The van der Waals surface area contributed by atoms with Crippen LogP contribution in [0.2, 0.25) is 5.02 Å². The molecule has 2 rings (SSSR count). The predicted molar refractivity (Wildman–Crippen MR) is 85.8 cm³/mol. The Labute approximate surface area is 141 Å². The molecule has 8 heteroatoms. The molecule has 0 spiro atoms. The molecule has 3 N–H and O–H groups in total. The van der Waals surface area contributed by atoms with Crippen molar-refractivity contribution < 1.29 is 14.3 Å². The summed E-state index contributed by atoms with van der Waals surface area (Å²) in [7, 11) is 0. The van der Waals surface area contributed by atoms with E-state index >= 15 is 0 Å². The number of oxime groups is 1. The number of hydrogen-bond donors (Lipinski definition) is 2. The maximum atomic E-state index is 13.5. The highest BCUT2D eigenvalue weighted by Crippen LogP contribution is 2.35. The Kier molecular flexibility index (Phi) is 5.08. The number of hydrogen-bond acceptors (Lipinski definition) is 3. The summed E-state index contributed by atoms with van der Waals surface area (Å²) in [5.74, 6) is 0.105. The van der Waals surface area contributed by atoms with Crippen LogP contribution in [0, 0.1) is 5.82 Å². The Morgan fingerprint density at radius 2 is 1.95 bits per heavy atom. The highest BCUT2D eigenvalue weighted by atomic mass is 79.9. The molecule has 0 radical (unpaired) electrons. The van der Waals surface area contributed by atoms with Gasteiger partial charge in [0.2, 0.25) is 0 Å². The monoisotopic (exact) mass is 436 g/mol. The second kappa shape index (κ2) is 6.64. The Balaban J connectivity index is 2.33. The normalized spacial score (nSPS) is 11.5. The first kappa shape index (κ1) is 16.1. The van der Waals surface area contributed by atoms with E-state index in [-0.39, 0.29) is 16.6 Å². The van der Waals surface area contributed by atoms with E-state index in [0.717, 1.165) is 0 Å². The van der Waals surface area contributed by atoms with Gasteiger partial charge in [-0.2, -0.15) is 0 Å². The van der Waals surface area contributed by atoms with Crippen LogP contribution in [-0.4, -0.2) is 11.0 Å². The van der Waals surface area contributed by atoms with Gasteiger partial charge in [-0.3, -0.25) is 0 Å². The summed E-state index contributed by atoms with van der Waals surface area (Å²) in [5.41, 5.74) is 6.02. The summed E-state index contributed by atoms with van der Waals surface area (Å²) in [5, 5.41) is 11.6. The third-order valence-corrected chi connectivity index (χ3v) is 4.09. The molecular weight excluding hydrogens is 430 g/mol. The van der Waals surface area contributed by atoms with Crippen LogP contribution in [0.5, 0.6) is 11.5 Å².